The van der Waals surface area contributed by atoms with Gasteiger partial charge in [0.25, 0.3) is 0 Å². The molecular formula is C48H29N5. The number of hydrogen-bond donors (Lipinski definition) is 0. The average Bonchev–Trinajstić information content (AvgIpc) is 3.84. The molecule has 0 bridgehead atoms. The molecule has 0 radical (unpaired) electrons. The van der Waals surface area contributed by atoms with E-state index in [1.54, 1.807) is 0 Å². The lowest BCUT2D eigenvalue weighted by Crippen LogP contribution is -2.10. The molecule has 53 heavy (non-hydrogen) atoms. The Kier molecular flexibility index (Phi) is 5.71. The number of anilines is 3. The average molecular weight is 676 g/mol. The highest BCUT2D eigenvalue weighted by atomic mass is 15.2. The lowest BCUT2D eigenvalue weighted by atomic mass is 9.98. The van der Waals surface area contributed by atoms with Gasteiger partial charge in [-0.15, -0.1) is 0 Å². The third-order valence-electron chi connectivity index (χ3n) is 11.0. The molecule has 12 rings (SSSR count). The van der Waals surface area contributed by atoms with Crippen LogP contribution in [0.5, 0.6) is 0 Å². The number of rotatable bonds is 4. The van der Waals surface area contributed by atoms with E-state index in [1.165, 1.54) is 49.2 Å². The Balaban J connectivity index is 1.18. The van der Waals surface area contributed by atoms with Crippen molar-refractivity contribution in [2.24, 2.45) is 0 Å². The molecule has 0 N–H and O–H groups in total. The van der Waals surface area contributed by atoms with Crippen LogP contribution in [0.3, 0.4) is 0 Å². The lowest BCUT2D eigenvalue weighted by Gasteiger charge is -2.26. The first-order valence-corrected chi connectivity index (χ1v) is 18.0. The number of fused-ring (bicyclic) bond motifs is 12. The Morgan fingerprint density at radius 2 is 1.06 bits per heavy atom. The van der Waals surface area contributed by atoms with Gasteiger partial charge in [0.1, 0.15) is 5.65 Å². The van der Waals surface area contributed by atoms with E-state index in [0.29, 0.717) is 0 Å². The van der Waals surface area contributed by atoms with E-state index in [-0.39, 0.29) is 0 Å². The maximum absolute atomic E-state index is 4.78. The van der Waals surface area contributed by atoms with Gasteiger partial charge in [0.05, 0.1) is 38.8 Å². The van der Waals surface area contributed by atoms with Gasteiger partial charge in [-0.25, -0.2) is 0 Å². The highest BCUT2D eigenvalue weighted by Gasteiger charge is 2.27. The molecule has 5 heteroatoms. The molecule has 5 heterocycles. The number of nitrogens with zero attached hydrogens (tertiary/aromatic N) is 5. The molecule has 7 aromatic carbocycles. The van der Waals surface area contributed by atoms with E-state index >= 15 is 0 Å². The summed E-state index contributed by atoms with van der Waals surface area (Å²) in [5.41, 5.74) is 13.5. The standard InChI is InChI=1S/C48H29N5/c1-2-14-34(15-3-1)51(35-22-20-31(21-23-35)37-17-6-11-30-10-4-5-16-36(30)37)42-18-7-19-43-47(42)53-45-27-33-13-9-25-50-41(33)29-39(45)46-38-28-40-32(12-8-24-49-40)26-44(38)52(43)48(46)53/h1-29H. The van der Waals surface area contributed by atoms with Gasteiger partial charge in [0, 0.05) is 50.7 Å². The monoisotopic (exact) mass is 675 g/mol. The summed E-state index contributed by atoms with van der Waals surface area (Å²) in [5.74, 6) is 0. The first-order chi connectivity index (χ1) is 26.3. The SMILES string of the molecule is c1ccc(N(c2ccc(-c3cccc4ccccc34)cc2)c2cccc3c2n2c4cc5cccnc5cc4c4c5cc6ncccc6cc5n3c42)cc1. The fraction of sp³-hybridized carbons (Fsp3) is 0. The van der Waals surface area contributed by atoms with Crippen LogP contribution in [0.25, 0.3) is 87.6 Å². The van der Waals surface area contributed by atoms with Crippen molar-refractivity contribution in [3.63, 3.8) is 0 Å². The first kappa shape index (κ1) is 28.5. The van der Waals surface area contributed by atoms with Crippen molar-refractivity contribution in [1.29, 1.82) is 0 Å². The summed E-state index contributed by atoms with van der Waals surface area (Å²) in [5, 5.41) is 8.36. The van der Waals surface area contributed by atoms with E-state index < -0.39 is 0 Å². The second-order valence-electron chi connectivity index (χ2n) is 13.9. The molecule has 0 aliphatic heterocycles. The van der Waals surface area contributed by atoms with Crippen molar-refractivity contribution < 1.29 is 0 Å². The third kappa shape index (κ3) is 3.96. The van der Waals surface area contributed by atoms with Crippen molar-refractivity contribution in [2.75, 3.05) is 4.90 Å². The summed E-state index contributed by atoms with van der Waals surface area (Å²) >= 11 is 0. The molecule has 12 aromatic rings. The largest absolute Gasteiger partial charge is 0.308 e. The number of benzene rings is 7. The van der Waals surface area contributed by atoms with Crippen molar-refractivity contribution >= 4 is 93.5 Å². The zero-order valence-corrected chi connectivity index (χ0v) is 28.5. The second kappa shape index (κ2) is 10.6. The maximum atomic E-state index is 4.78. The smallest absolute Gasteiger partial charge is 0.131 e. The van der Waals surface area contributed by atoms with Crippen LogP contribution >= 0.6 is 0 Å². The highest BCUT2D eigenvalue weighted by molar-refractivity contribution is 6.27. The number of imidazole rings is 1. The van der Waals surface area contributed by atoms with Gasteiger partial charge in [0.2, 0.25) is 0 Å². The van der Waals surface area contributed by atoms with Crippen molar-refractivity contribution in [1.82, 2.24) is 18.8 Å². The molecular weight excluding hydrogens is 647 g/mol. The third-order valence-corrected chi connectivity index (χ3v) is 11.0. The van der Waals surface area contributed by atoms with Crippen molar-refractivity contribution in [3.8, 4) is 11.1 Å². The molecule has 0 aliphatic carbocycles. The Bertz CT molecular complexity index is 3390. The summed E-state index contributed by atoms with van der Waals surface area (Å²) in [6, 6.07) is 59.1. The molecule has 5 nitrogen and oxygen atoms in total. The van der Waals surface area contributed by atoms with Gasteiger partial charge in [-0.3, -0.25) is 18.8 Å². The van der Waals surface area contributed by atoms with E-state index in [4.69, 9.17) is 9.97 Å². The molecule has 0 aliphatic rings. The van der Waals surface area contributed by atoms with Gasteiger partial charge < -0.3 is 4.90 Å². The fourth-order valence-corrected chi connectivity index (χ4v) is 8.78. The molecule has 0 saturated heterocycles. The Morgan fingerprint density at radius 1 is 0.434 bits per heavy atom. The Hall–Kier alpha value is -7.24. The van der Waals surface area contributed by atoms with Crippen LogP contribution in [0, 0.1) is 0 Å². The molecule has 246 valence electrons. The van der Waals surface area contributed by atoms with E-state index in [9.17, 15) is 0 Å². The van der Waals surface area contributed by atoms with Gasteiger partial charge in [-0.2, -0.15) is 0 Å². The summed E-state index contributed by atoms with van der Waals surface area (Å²) in [7, 11) is 0. The number of para-hydroxylation sites is 2. The predicted octanol–water partition coefficient (Wildman–Crippen LogP) is 12.5. The highest BCUT2D eigenvalue weighted by Crippen LogP contribution is 2.47. The summed E-state index contributed by atoms with van der Waals surface area (Å²) in [6.45, 7) is 0. The van der Waals surface area contributed by atoms with Crippen LogP contribution in [0.4, 0.5) is 17.1 Å². The minimum atomic E-state index is 0.991. The van der Waals surface area contributed by atoms with Crippen LogP contribution in [0.15, 0.2) is 176 Å². The van der Waals surface area contributed by atoms with Crippen molar-refractivity contribution in [3.05, 3.63) is 176 Å². The van der Waals surface area contributed by atoms with E-state index in [2.05, 4.69) is 165 Å². The van der Waals surface area contributed by atoms with Gasteiger partial charge in [0.15, 0.2) is 0 Å². The fourth-order valence-electron chi connectivity index (χ4n) is 8.78. The van der Waals surface area contributed by atoms with Gasteiger partial charge >= 0.3 is 0 Å². The van der Waals surface area contributed by atoms with Crippen LogP contribution in [0.1, 0.15) is 0 Å². The molecule has 0 fully saturated rings. The second-order valence-corrected chi connectivity index (χ2v) is 13.9. The van der Waals surface area contributed by atoms with Crippen molar-refractivity contribution in [2.45, 2.75) is 0 Å². The Labute approximate surface area is 303 Å². The molecule has 5 aromatic heterocycles. The number of aromatic nitrogens is 4. The minimum Gasteiger partial charge on any atom is -0.308 e. The lowest BCUT2D eigenvalue weighted by molar-refractivity contribution is 1.26. The molecule has 0 saturated carbocycles. The first-order valence-electron chi connectivity index (χ1n) is 18.0. The predicted molar refractivity (Wildman–Crippen MR) is 220 cm³/mol. The van der Waals surface area contributed by atoms with E-state index in [0.717, 1.165) is 55.4 Å². The van der Waals surface area contributed by atoms with Crippen LogP contribution in [-0.4, -0.2) is 18.8 Å². The summed E-state index contributed by atoms with van der Waals surface area (Å²) in [6.07, 6.45) is 3.76. The van der Waals surface area contributed by atoms with Crippen LogP contribution < -0.4 is 4.90 Å². The maximum Gasteiger partial charge on any atom is 0.131 e. The van der Waals surface area contributed by atoms with Gasteiger partial charge in [-0.1, -0.05) is 91.0 Å². The summed E-state index contributed by atoms with van der Waals surface area (Å²) < 4.78 is 4.95. The minimum absolute atomic E-state index is 0.991. The van der Waals surface area contributed by atoms with Crippen LogP contribution in [0.2, 0.25) is 0 Å². The molecule has 0 atom stereocenters. The zero-order valence-electron chi connectivity index (χ0n) is 28.5. The zero-order chi connectivity index (χ0) is 34.6. The summed E-state index contributed by atoms with van der Waals surface area (Å²) in [4.78, 5) is 11.9. The molecule has 0 unspecified atom stereocenters. The number of pyridine rings is 2. The van der Waals surface area contributed by atoms with Crippen LogP contribution in [-0.2, 0) is 0 Å². The molecule has 0 amide bonds. The normalized spacial score (nSPS) is 12.2. The quantitative estimate of drug-likeness (QED) is 0.186. The number of hydrogen-bond acceptors (Lipinski definition) is 3. The Morgan fingerprint density at radius 3 is 1.81 bits per heavy atom. The topological polar surface area (TPSA) is 37.8 Å². The van der Waals surface area contributed by atoms with Gasteiger partial charge in [-0.05, 0) is 94.7 Å². The molecule has 0 spiro atoms. The van der Waals surface area contributed by atoms with E-state index in [1.807, 2.05) is 24.5 Å².